The van der Waals surface area contributed by atoms with Crippen molar-refractivity contribution in [1.29, 1.82) is 0 Å². The summed E-state index contributed by atoms with van der Waals surface area (Å²) in [7, 11) is 0. The van der Waals surface area contributed by atoms with Crippen LogP contribution in [0.15, 0.2) is 49.1 Å². The topological polar surface area (TPSA) is 134 Å². The highest BCUT2D eigenvalue weighted by atomic mass is 16.5. The molecule has 200 valence electrons. The summed E-state index contributed by atoms with van der Waals surface area (Å²) in [4.78, 5) is 0. The van der Waals surface area contributed by atoms with E-state index in [1.807, 2.05) is 24.3 Å². The van der Waals surface area contributed by atoms with Crippen molar-refractivity contribution < 1.29 is 19.9 Å². The Balaban J connectivity index is 1.41. The lowest BCUT2D eigenvalue weighted by atomic mass is 9.84. The average Bonchev–Trinajstić information content (AvgIpc) is 3.58. The number of aromatic nitrogens is 4. The number of nitrogens with zero attached hydrogens (tertiary/aromatic N) is 8. The summed E-state index contributed by atoms with van der Waals surface area (Å²) >= 11 is 0. The molecular formula is C26H32N8O4. The third-order valence-electron chi connectivity index (χ3n) is 8.86. The van der Waals surface area contributed by atoms with Crippen molar-refractivity contribution in [3.63, 3.8) is 0 Å². The summed E-state index contributed by atoms with van der Waals surface area (Å²) in [5, 5.41) is 62.1. The van der Waals surface area contributed by atoms with Crippen LogP contribution in [0.5, 0.6) is 0 Å². The molecule has 2 aromatic heterocycles. The van der Waals surface area contributed by atoms with Crippen LogP contribution in [0, 0.1) is 10.4 Å². The number of hydrogen-bond donors (Lipinski definition) is 0. The monoisotopic (exact) mass is 520 g/mol. The largest absolute Gasteiger partial charge is 0.714 e. The Hall–Kier alpha value is -3.90. The summed E-state index contributed by atoms with van der Waals surface area (Å²) in [6, 6.07) is 7.28. The normalized spacial score (nSPS) is 21.6. The van der Waals surface area contributed by atoms with Crippen molar-refractivity contribution in [1.82, 2.24) is 29.7 Å². The fourth-order valence-corrected chi connectivity index (χ4v) is 4.60. The number of hydrogen-bond acceptors (Lipinski definition) is 6. The van der Waals surface area contributed by atoms with Gasteiger partial charge in [0.05, 0.1) is 23.8 Å². The first kappa shape index (κ1) is 25.7. The van der Waals surface area contributed by atoms with Crippen LogP contribution < -0.4 is 0 Å². The highest BCUT2D eigenvalue weighted by molar-refractivity contribution is 5.96. The van der Waals surface area contributed by atoms with Gasteiger partial charge in [0, 0.05) is 22.8 Å². The molecule has 0 saturated carbocycles. The first-order valence-electron chi connectivity index (χ1n) is 12.4. The molecule has 2 aliphatic rings. The van der Waals surface area contributed by atoms with Gasteiger partial charge >= 0.3 is 11.7 Å². The van der Waals surface area contributed by atoms with Gasteiger partial charge in [-0.05, 0) is 79.7 Å². The molecule has 0 N–H and O–H groups in total. The molecular weight excluding hydrogens is 488 g/mol. The average molecular weight is 521 g/mol. The summed E-state index contributed by atoms with van der Waals surface area (Å²) in [5.74, 6) is 0.0603. The Morgan fingerprint density at radius 3 is 1.21 bits per heavy atom. The van der Waals surface area contributed by atoms with Crippen LogP contribution in [-0.2, 0) is 10.4 Å². The van der Waals surface area contributed by atoms with Crippen LogP contribution in [0.3, 0.4) is 0 Å². The van der Waals surface area contributed by atoms with E-state index >= 15 is 0 Å². The summed E-state index contributed by atoms with van der Waals surface area (Å²) < 4.78 is 4.69. The second-order valence-corrected chi connectivity index (χ2v) is 11.9. The highest BCUT2D eigenvalue weighted by Gasteiger charge is 2.61. The maximum atomic E-state index is 13.0. The van der Waals surface area contributed by atoms with E-state index in [4.69, 9.17) is 0 Å². The lowest BCUT2D eigenvalue weighted by molar-refractivity contribution is -0.539. The Bertz CT molecular complexity index is 1370. The van der Waals surface area contributed by atoms with E-state index in [-0.39, 0.29) is 11.7 Å². The zero-order valence-electron chi connectivity index (χ0n) is 22.8. The molecule has 0 spiro atoms. The number of hydroxylamine groups is 6. The third kappa shape index (κ3) is 3.23. The minimum atomic E-state index is -0.912. The van der Waals surface area contributed by atoms with Gasteiger partial charge in [0.1, 0.15) is 22.2 Å². The van der Waals surface area contributed by atoms with Crippen LogP contribution in [-0.4, -0.2) is 73.0 Å². The molecule has 5 rings (SSSR count). The summed E-state index contributed by atoms with van der Waals surface area (Å²) in [5.41, 5.74) is -1.36. The van der Waals surface area contributed by atoms with E-state index < -0.39 is 22.2 Å². The molecule has 0 aliphatic carbocycles. The second kappa shape index (κ2) is 7.81. The molecule has 0 saturated heterocycles. The van der Waals surface area contributed by atoms with Crippen LogP contribution in [0.25, 0.3) is 11.4 Å². The van der Waals surface area contributed by atoms with Crippen molar-refractivity contribution in [2.75, 3.05) is 0 Å². The van der Waals surface area contributed by atoms with Crippen molar-refractivity contribution in [3.8, 4) is 11.4 Å². The summed E-state index contributed by atoms with van der Waals surface area (Å²) in [6.07, 6.45) is 6.30. The van der Waals surface area contributed by atoms with Crippen molar-refractivity contribution >= 4 is 11.7 Å². The first-order valence-corrected chi connectivity index (χ1v) is 12.4. The predicted molar refractivity (Wildman–Crippen MR) is 138 cm³/mol. The van der Waals surface area contributed by atoms with E-state index in [2.05, 4.69) is 10.2 Å². The Kier molecular flexibility index (Phi) is 5.29. The summed E-state index contributed by atoms with van der Waals surface area (Å²) in [6.45, 7) is 14.0. The molecule has 12 heteroatoms. The SMILES string of the molecule is CC1(C)N([O])C(c2cnn(-c3ccc(-n4cc(C5=[N+]([O-])C(C)(C)C(C)(C)N5[O])cn4)cc3)c2)=[N+]([O-])C1(C)C. The standard InChI is InChI=1S/C26H32N8O4/c1-23(2)24(3,4)32(36)21(31(23)35)17-13-27-29(15-17)19-9-11-20(12-10-19)30-16-18(14-28-30)22-33(37)25(5,6)26(7,8)34(22)38/h9-16H,1-8H3. The van der Waals surface area contributed by atoms with Gasteiger partial charge in [0.15, 0.2) is 11.1 Å². The highest BCUT2D eigenvalue weighted by Crippen LogP contribution is 2.38. The maximum Gasteiger partial charge on any atom is 0.319 e. The van der Waals surface area contributed by atoms with Crippen LogP contribution >= 0.6 is 0 Å². The van der Waals surface area contributed by atoms with Gasteiger partial charge in [-0.1, -0.05) is 10.1 Å². The molecule has 38 heavy (non-hydrogen) atoms. The van der Waals surface area contributed by atoms with Gasteiger partial charge in [-0.15, -0.1) is 0 Å². The van der Waals surface area contributed by atoms with E-state index in [0.29, 0.717) is 22.5 Å². The van der Waals surface area contributed by atoms with Crippen molar-refractivity contribution in [2.45, 2.75) is 77.5 Å². The quantitative estimate of drug-likeness (QED) is 0.383. The number of rotatable bonds is 4. The fraction of sp³-hybridized carbons (Fsp3) is 0.462. The predicted octanol–water partition coefficient (Wildman–Crippen LogP) is 3.01. The molecule has 0 bridgehead atoms. The smallest absolute Gasteiger partial charge is 0.319 e. The number of benzene rings is 1. The van der Waals surface area contributed by atoms with Crippen molar-refractivity contribution in [3.05, 3.63) is 70.6 Å². The molecule has 0 amide bonds. The zero-order chi connectivity index (χ0) is 28.0. The first-order chi connectivity index (χ1) is 17.5. The molecule has 3 aromatic rings. The van der Waals surface area contributed by atoms with Crippen LogP contribution in [0.1, 0.15) is 66.5 Å². The lowest BCUT2D eigenvalue weighted by Crippen LogP contribution is -2.53. The van der Waals surface area contributed by atoms with Gasteiger partial charge in [0.25, 0.3) is 0 Å². The number of amidine groups is 2. The van der Waals surface area contributed by atoms with Gasteiger partial charge in [-0.3, -0.25) is 9.48 Å². The molecule has 12 nitrogen and oxygen atoms in total. The van der Waals surface area contributed by atoms with Crippen LogP contribution in [0.2, 0.25) is 0 Å². The molecule has 4 heterocycles. The van der Waals surface area contributed by atoms with Gasteiger partial charge in [-0.2, -0.15) is 10.2 Å². The third-order valence-corrected chi connectivity index (χ3v) is 8.86. The van der Waals surface area contributed by atoms with Crippen molar-refractivity contribution in [2.24, 2.45) is 0 Å². The Morgan fingerprint density at radius 2 is 0.947 bits per heavy atom. The van der Waals surface area contributed by atoms with Gasteiger partial charge in [0.2, 0.25) is 0 Å². The van der Waals surface area contributed by atoms with Gasteiger partial charge in [-0.25, -0.2) is 9.36 Å². The molecule has 2 radical (unpaired) electrons. The molecule has 0 unspecified atom stereocenters. The van der Waals surface area contributed by atoms with Crippen LogP contribution in [0.4, 0.5) is 0 Å². The fourth-order valence-electron chi connectivity index (χ4n) is 4.60. The maximum absolute atomic E-state index is 13.0. The van der Waals surface area contributed by atoms with E-state index in [1.165, 1.54) is 12.4 Å². The Labute approximate surface area is 221 Å². The van der Waals surface area contributed by atoms with Gasteiger partial charge < -0.3 is 10.4 Å². The van der Waals surface area contributed by atoms with E-state index in [0.717, 1.165) is 19.6 Å². The van der Waals surface area contributed by atoms with E-state index in [1.54, 1.807) is 77.1 Å². The zero-order valence-corrected chi connectivity index (χ0v) is 22.8. The Morgan fingerprint density at radius 1 is 0.632 bits per heavy atom. The molecule has 1 aromatic carbocycles. The minimum Gasteiger partial charge on any atom is -0.714 e. The second-order valence-electron chi connectivity index (χ2n) is 11.9. The minimum absolute atomic E-state index is 0.0301. The lowest BCUT2D eigenvalue weighted by Gasteiger charge is -2.32. The molecule has 0 fully saturated rings. The van der Waals surface area contributed by atoms with E-state index in [9.17, 15) is 20.8 Å². The molecule has 0 atom stereocenters. The molecule has 2 aliphatic heterocycles.